The number of aromatic nitrogens is 6. The van der Waals surface area contributed by atoms with Crippen LogP contribution in [0.15, 0.2) is 67.2 Å². The molecule has 0 saturated carbocycles. The Morgan fingerprint density at radius 3 is 2.82 bits per heavy atom. The second-order valence-electron chi connectivity index (χ2n) is 9.52. The first-order chi connectivity index (χ1) is 18.6. The van der Waals surface area contributed by atoms with Gasteiger partial charge in [0.25, 0.3) is 0 Å². The highest BCUT2D eigenvalue weighted by molar-refractivity contribution is 7.14. The van der Waals surface area contributed by atoms with Crippen LogP contribution >= 0.6 is 11.3 Å². The Bertz CT molecular complexity index is 1680. The number of nitrogens with zero attached hydrogens (tertiary/aromatic N) is 4. The van der Waals surface area contributed by atoms with Crippen LogP contribution in [0.1, 0.15) is 31.9 Å². The maximum atomic E-state index is 13.7. The molecule has 1 aliphatic rings. The van der Waals surface area contributed by atoms with Gasteiger partial charge in [0.1, 0.15) is 11.2 Å². The van der Waals surface area contributed by atoms with E-state index in [2.05, 4.69) is 44.2 Å². The molecular weight excluding hydrogens is 497 g/mol. The normalized spacial score (nSPS) is 15.5. The Morgan fingerprint density at radius 2 is 2.05 bits per heavy atom. The third-order valence-electron chi connectivity index (χ3n) is 7.10. The lowest BCUT2D eigenvalue weighted by Gasteiger charge is -2.23. The van der Waals surface area contributed by atoms with Crippen molar-refractivity contribution in [1.82, 2.24) is 35.5 Å². The molecule has 3 N–H and O–H groups in total. The lowest BCUT2D eigenvalue weighted by Crippen LogP contribution is -2.27. The van der Waals surface area contributed by atoms with Gasteiger partial charge in [0.2, 0.25) is 0 Å². The van der Waals surface area contributed by atoms with E-state index in [9.17, 15) is 4.39 Å². The number of thiophene rings is 1. The van der Waals surface area contributed by atoms with Gasteiger partial charge >= 0.3 is 0 Å². The van der Waals surface area contributed by atoms with Crippen LogP contribution in [0.5, 0.6) is 0 Å². The smallest absolute Gasteiger partial charge is 0.176 e. The quantitative estimate of drug-likeness (QED) is 0.206. The van der Waals surface area contributed by atoms with Crippen molar-refractivity contribution in [2.45, 2.75) is 26.2 Å². The summed E-state index contributed by atoms with van der Waals surface area (Å²) in [5.74, 6) is 1.29. The Hall–Kier alpha value is -3.95. The van der Waals surface area contributed by atoms with Crippen molar-refractivity contribution in [2.24, 2.45) is 5.92 Å². The van der Waals surface area contributed by atoms with Crippen molar-refractivity contribution >= 4 is 38.8 Å². The molecule has 0 aromatic carbocycles. The average Bonchev–Trinajstić information content (AvgIpc) is 3.68. The topological polar surface area (TPSA) is 95.2 Å². The van der Waals surface area contributed by atoms with Gasteiger partial charge in [-0.05, 0) is 80.6 Å². The van der Waals surface area contributed by atoms with Crippen molar-refractivity contribution in [3.63, 3.8) is 0 Å². The summed E-state index contributed by atoms with van der Waals surface area (Å²) < 4.78 is 13.7. The zero-order valence-corrected chi connectivity index (χ0v) is 21.9. The predicted octanol–water partition coefficient (Wildman–Crippen LogP) is 6.67. The first-order valence-corrected chi connectivity index (χ1v) is 13.6. The highest BCUT2D eigenvalue weighted by Gasteiger charge is 2.18. The summed E-state index contributed by atoms with van der Waals surface area (Å²) in [5.41, 5.74) is 6.92. The number of imidazole rings is 1. The number of rotatable bonds is 7. The van der Waals surface area contributed by atoms with E-state index in [0.29, 0.717) is 17.4 Å². The summed E-state index contributed by atoms with van der Waals surface area (Å²) in [6.45, 7) is 8.26. The van der Waals surface area contributed by atoms with Gasteiger partial charge in [0, 0.05) is 22.0 Å². The summed E-state index contributed by atoms with van der Waals surface area (Å²) in [6, 6.07) is 5.26. The van der Waals surface area contributed by atoms with E-state index in [1.807, 2.05) is 25.3 Å². The molecule has 0 bridgehead atoms. The fraction of sp³-hybridized carbons (Fsp3) is 0.241. The number of hydrogen-bond acceptors (Lipinski definition) is 6. The fourth-order valence-corrected chi connectivity index (χ4v) is 5.81. The van der Waals surface area contributed by atoms with Gasteiger partial charge in [0.15, 0.2) is 11.0 Å². The highest BCUT2D eigenvalue weighted by Crippen LogP contribution is 2.34. The molecule has 6 rings (SSSR count). The van der Waals surface area contributed by atoms with Crippen LogP contribution < -0.4 is 5.32 Å². The third kappa shape index (κ3) is 4.70. The van der Waals surface area contributed by atoms with Crippen molar-refractivity contribution < 1.29 is 4.39 Å². The molecular formula is C29H28FN7S. The van der Waals surface area contributed by atoms with Crippen molar-refractivity contribution in [2.75, 3.05) is 13.1 Å². The van der Waals surface area contributed by atoms with Crippen molar-refractivity contribution in [1.29, 1.82) is 0 Å². The summed E-state index contributed by atoms with van der Waals surface area (Å²) >= 11 is 1.08. The minimum Gasteiger partial charge on any atom is -0.335 e. The summed E-state index contributed by atoms with van der Waals surface area (Å²) in [7, 11) is 0. The monoisotopic (exact) mass is 525 g/mol. The molecule has 0 aliphatic carbocycles. The number of nitrogens with one attached hydrogen (secondary N) is 3. The van der Waals surface area contributed by atoms with Gasteiger partial charge in [-0.2, -0.15) is 9.49 Å². The fourth-order valence-electron chi connectivity index (χ4n) is 5.06. The second kappa shape index (κ2) is 10.4. The highest BCUT2D eigenvalue weighted by atomic mass is 32.1. The lowest BCUT2D eigenvalue weighted by molar-refractivity contribution is 0.374. The van der Waals surface area contributed by atoms with E-state index in [-0.39, 0.29) is 5.13 Å². The van der Waals surface area contributed by atoms with E-state index in [0.717, 1.165) is 74.5 Å². The van der Waals surface area contributed by atoms with E-state index < -0.39 is 0 Å². The second-order valence-corrected chi connectivity index (χ2v) is 10.6. The Morgan fingerprint density at radius 1 is 1.18 bits per heavy atom. The van der Waals surface area contributed by atoms with Gasteiger partial charge in [0.05, 0.1) is 29.1 Å². The van der Waals surface area contributed by atoms with Crippen LogP contribution in [0.3, 0.4) is 0 Å². The SMILES string of the molecule is C=C/C(=C\C(=C/C)c1cc2c(-c3nc4c(-c5ccc(F)s5)cncc4[nH]3)n[nH]c2cn1)CC1CCNCC1. The molecule has 9 heteroatoms. The molecule has 192 valence electrons. The Labute approximate surface area is 223 Å². The molecule has 5 aromatic heterocycles. The Balaban J connectivity index is 1.36. The van der Waals surface area contributed by atoms with Crippen molar-refractivity contribution in [3.05, 3.63) is 78.0 Å². The number of hydrogen-bond donors (Lipinski definition) is 3. The van der Waals surface area contributed by atoms with Crippen molar-refractivity contribution in [3.8, 4) is 22.0 Å². The molecule has 0 unspecified atom stereocenters. The summed E-state index contributed by atoms with van der Waals surface area (Å²) in [5, 5.41) is 11.7. The molecule has 1 fully saturated rings. The van der Waals surface area contributed by atoms with Gasteiger partial charge in [-0.3, -0.25) is 15.1 Å². The first kappa shape index (κ1) is 24.4. The number of aromatic amines is 2. The number of pyridine rings is 2. The molecule has 6 heterocycles. The molecule has 1 saturated heterocycles. The molecule has 38 heavy (non-hydrogen) atoms. The molecule has 5 aromatic rings. The molecule has 1 aliphatic heterocycles. The van der Waals surface area contributed by atoms with Crippen LogP contribution in [0, 0.1) is 11.0 Å². The van der Waals surface area contributed by atoms with Crippen LogP contribution in [0.25, 0.3) is 49.5 Å². The van der Waals surface area contributed by atoms with Crippen LogP contribution in [-0.4, -0.2) is 43.2 Å². The number of fused-ring (bicyclic) bond motifs is 2. The summed E-state index contributed by atoms with van der Waals surface area (Å²) in [6.07, 6.45) is 14.9. The molecule has 0 spiro atoms. The minimum atomic E-state index is -0.240. The molecule has 0 radical (unpaired) electrons. The first-order valence-electron chi connectivity index (χ1n) is 12.8. The maximum absolute atomic E-state index is 13.7. The van der Waals surface area contributed by atoms with Crippen LogP contribution in [-0.2, 0) is 0 Å². The van der Waals surface area contributed by atoms with Gasteiger partial charge in [-0.1, -0.05) is 18.7 Å². The number of piperidine rings is 1. The predicted molar refractivity (Wildman–Crippen MR) is 152 cm³/mol. The van der Waals surface area contributed by atoms with E-state index in [1.165, 1.54) is 24.5 Å². The molecule has 0 amide bonds. The average molecular weight is 526 g/mol. The van der Waals surface area contributed by atoms with E-state index in [1.54, 1.807) is 18.5 Å². The molecule has 7 nitrogen and oxygen atoms in total. The van der Waals surface area contributed by atoms with Gasteiger partial charge < -0.3 is 10.3 Å². The number of halogens is 1. The number of H-pyrrole nitrogens is 2. The van der Waals surface area contributed by atoms with E-state index >= 15 is 0 Å². The summed E-state index contributed by atoms with van der Waals surface area (Å²) in [4.78, 5) is 18.0. The van der Waals surface area contributed by atoms with Gasteiger partial charge in [-0.15, -0.1) is 11.3 Å². The molecule has 0 atom stereocenters. The Kier molecular flexibility index (Phi) is 6.70. The zero-order chi connectivity index (χ0) is 26.1. The third-order valence-corrected chi connectivity index (χ3v) is 8.00. The van der Waals surface area contributed by atoms with Crippen LogP contribution in [0.2, 0.25) is 0 Å². The van der Waals surface area contributed by atoms with E-state index in [4.69, 9.17) is 9.97 Å². The lowest BCUT2D eigenvalue weighted by atomic mass is 9.90. The largest absolute Gasteiger partial charge is 0.335 e. The van der Waals surface area contributed by atoms with Crippen LogP contribution in [0.4, 0.5) is 4.39 Å². The maximum Gasteiger partial charge on any atom is 0.176 e. The minimum absolute atomic E-state index is 0.240. The van der Waals surface area contributed by atoms with Gasteiger partial charge in [-0.25, -0.2) is 4.98 Å². The standard InChI is InChI=1S/C29H28FN7S/c1-3-17(11-18-7-9-31-10-8-18)12-19(4-2)22-13-20-23(16-33-22)36-37-28(20)29-34-24-15-32-14-21(27(24)35-29)25-5-6-26(30)38-25/h3-6,12-16,18,31H,1,7-11H2,2H3,(H,34,35)(H,36,37)/b17-12+,19-4+. The zero-order valence-electron chi connectivity index (χ0n) is 21.1. The number of allylic oxidation sites excluding steroid dienone is 5.